The van der Waals surface area contributed by atoms with E-state index in [-0.39, 0.29) is 0 Å². The SMILES string of the molecule is CNc1c(C)coc1C. The maximum Gasteiger partial charge on any atom is 0.124 e. The van der Waals surface area contributed by atoms with Crippen LogP contribution in [0.2, 0.25) is 0 Å². The minimum atomic E-state index is 0.954. The average molecular weight is 125 g/mol. The molecule has 0 spiro atoms. The molecule has 2 heteroatoms. The number of anilines is 1. The summed E-state index contributed by atoms with van der Waals surface area (Å²) in [5.74, 6) is 0.954. The number of hydrogen-bond acceptors (Lipinski definition) is 2. The van der Waals surface area contributed by atoms with Crippen LogP contribution in [-0.2, 0) is 0 Å². The van der Waals surface area contributed by atoms with Gasteiger partial charge in [-0.15, -0.1) is 0 Å². The highest BCUT2D eigenvalue weighted by atomic mass is 16.3. The third kappa shape index (κ3) is 0.922. The first kappa shape index (κ1) is 6.20. The Balaban J connectivity index is 3.07. The molecule has 1 heterocycles. The second kappa shape index (κ2) is 2.13. The summed E-state index contributed by atoms with van der Waals surface area (Å²) in [6, 6.07) is 0. The lowest BCUT2D eigenvalue weighted by Crippen LogP contribution is -1.88. The van der Waals surface area contributed by atoms with Gasteiger partial charge in [0.25, 0.3) is 0 Å². The van der Waals surface area contributed by atoms with Crippen molar-refractivity contribution in [2.75, 3.05) is 12.4 Å². The maximum absolute atomic E-state index is 5.12. The molecular weight excluding hydrogens is 114 g/mol. The van der Waals surface area contributed by atoms with Crippen molar-refractivity contribution in [3.05, 3.63) is 17.6 Å². The van der Waals surface area contributed by atoms with E-state index in [1.54, 1.807) is 6.26 Å². The van der Waals surface area contributed by atoms with Crippen LogP contribution >= 0.6 is 0 Å². The van der Waals surface area contributed by atoms with Crippen LogP contribution in [0.3, 0.4) is 0 Å². The molecule has 1 aromatic rings. The number of nitrogens with one attached hydrogen (secondary N) is 1. The summed E-state index contributed by atoms with van der Waals surface area (Å²) in [6.45, 7) is 3.96. The normalized spacial score (nSPS) is 9.67. The predicted octanol–water partition coefficient (Wildman–Crippen LogP) is 1.94. The van der Waals surface area contributed by atoms with Gasteiger partial charge in [-0.3, -0.25) is 0 Å². The molecule has 1 aromatic heterocycles. The molecule has 0 amide bonds. The fourth-order valence-corrected chi connectivity index (χ4v) is 0.945. The Bertz CT molecular complexity index is 183. The van der Waals surface area contributed by atoms with E-state index >= 15 is 0 Å². The van der Waals surface area contributed by atoms with E-state index in [4.69, 9.17) is 4.42 Å². The molecule has 0 aromatic carbocycles. The van der Waals surface area contributed by atoms with Gasteiger partial charge in [-0.1, -0.05) is 0 Å². The minimum Gasteiger partial charge on any atom is -0.467 e. The molecule has 0 bridgehead atoms. The Labute approximate surface area is 54.9 Å². The first-order valence-electron chi connectivity index (χ1n) is 2.98. The zero-order chi connectivity index (χ0) is 6.85. The van der Waals surface area contributed by atoms with Crippen molar-refractivity contribution in [1.29, 1.82) is 0 Å². The molecule has 0 atom stereocenters. The molecule has 0 aliphatic heterocycles. The highest BCUT2D eigenvalue weighted by Crippen LogP contribution is 2.19. The van der Waals surface area contributed by atoms with E-state index in [1.165, 1.54) is 0 Å². The van der Waals surface area contributed by atoms with E-state index in [0.717, 1.165) is 17.0 Å². The second-order valence-corrected chi connectivity index (χ2v) is 2.10. The summed E-state index contributed by atoms with van der Waals surface area (Å²) in [5.41, 5.74) is 2.27. The molecule has 0 aliphatic rings. The highest BCUT2D eigenvalue weighted by Gasteiger charge is 2.01. The van der Waals surface area contributed by atoms with Crippen molar-refractivity contribution in [3.63, 3.8) is 0 Å². The summed E-state index contributed by atoms with van der Waals surface area (Å²) in [7, 11) is 1.89. The van der Waals surface area contributed by atoms with Crippen LogP contribution in [0.15, 0.2) is 10.7 Å². The van der Waals surface area contributed by atoms with Crippen molar-refractivity contribution in [2.45, 2.75) is 13.8 Å². The van der Waals surface area contributed by atoms with E-state index in [0.29, 0.717) is 0 Å². The van der Waals surface area contributed by atoms with Gasteiger partial charge in [0.1, 0.15) is 5.76 Å². The van der Waals surface area contributed by atoms with Crippen LogP contribution in [0, 0.1) is 13.8 Å². The Morgan fingerprint density at radius 2 is 2.11 bits per heavy atom. The van der Waals surface area contributed by atoms with Crippen LogP contribution in [0.4, 0.5) is 5.69 Å². The summed E-state index contributed by atoms with van der Waals surface area (Å²) >= 11 is 0. The van der Waals surface area contributed by atoms with Gasteiger partial charge in [0, 0.05) is 12.6 Å². The number of hydrogen-bond donors (Lipinski definition) is 1. The Kier molecular flexibility index (Phi) is 1.47. The second-order valence-electron chi connectivity index (χ2n) is 2.10. The first-order chi connectivity index (χ1) is 4.25. The lowest BCUT2D eigenvalue weighted by Gasteiger charge is -1.95. The van der Waals surface area contributed by atoms with Crippen molar-refractivity contribution >= 4 is 5.69 Å². The van der Waals surface area contributed by atoms with Crippen molar-refractivity contribution in [1.82, 2.24) is 0 Å². The van der Waals surface area contributed by atoms with Gasteiger partial charge >= 0.3 is 0 Å². The third-order valence-electron chi connectivity index (χ3n) is 1.41. The summed E-state index contributed by atoms with van der Waals surface area (Å²) < 4.78 is 5.12. The van der Waals surface area contributed by atoms with E-state index in [2.05, 4.69) is 5.32 Å². The standard InChI is InChI=1S/C7H11NO/c1-5-4-9-6(2)7(5)8-3/h4,8H,1-3H3. The molecule has 9 heavy (non-hydrogen) atoms. The monoisotopic (exact) mass is 125 g/mol. The molecule has 0 unspecified atom stereocenters. The van der Waals surface area contributed by atoms with Gasteiger partial charge in [-0.25, -0.2) is 0 Å². The van der Waals surface area contributed by atoms with Gasteiger partial charge in [0.15, 0.2) is 0 Å². The minimum absolute atomic E-state index is 0.954. The Morgan fingerprint density at radius 1 is 1.44 bits per heavy atom. The lowest BCUT2D eigenvalue weighted by molar-refractivity contribution is 0.534. The van der Waals surface area contributed by atoms with Gasteiger partial charge in [-0.2, -0.15) is 0 Å². The summed E-state index contributed by atoms with van der Waals surface area (Å²) in [6.07, 6.45) is 1.75. The molecule has 2 nitrogen and oxygen atoms in total. The summed E-state index contributed by atoms with van der Waals surface area (Å²) in [4.78, 5) is 0. The van der Waals surface area contributed by atoms with E-state index < -0.39 is 0 Å². The van der Waals surface area contributed by atoms with Crippen LogP contribution in [0.5, 0.6) is 0 Å². The maximum atomic E-state index is 5.12. The molecule has 0 fully saturated rings. The molecule has 50 valence electrons. The molecule has 0 radical (unpaired) electrons. The Morgan fingerprint density at radius 3 is 2.33 bits per heavy atom. The van der Waals surface area contributed by atoms with Crippen molar-refractivity contribution < 1.29 is 4.42 Å². The smallest absolute Gasteiger partial charge is 0.124 e. The Hall–Kier alpha value is -0.920. The van der Waals surface area contributed by atoms with E-state index in [9.17, 15) is 0 Å². The quantitative estimate of drug-likeness (QED) is 0.620. The van der Waals surface area contributed by atoms with Crippen molar-refractivity contribution in [3.8, 4) is 0 Å². The fraction of sp³-hybridized carbons (Fsp3) is 0.429. The molecule has 1 N–H and O–H groups in total. The van der Waals surface area contributed by atoms with Crippen molar-refractivity contribution in [2.24, 2.45) is 0 Å². The number of aryl methyl sites for hydroxylation is 2. The summed E-state index contributed by atoms with van der Waals surface area (Å²) in [5, 5.41) is 3.05. The van der Waals surface area contributed by atoms with Gasteiger partial charge in [0.05, 0.1) is 12.0 Å². The highest BCUT2D eigenvalue weighted by molar-refractivity contribution is 5.51. The zero-order valence-electron chi connectivity index (χ0n) is 5.99. The molecule has 0 aliphatic carbocycles. The molecular formula is C7H11NO. The molecule has 0 saturated heterocycles. The van der Waals surface area contributed by atoms with Gasteiger partial charge in [0.2, 0.25) is 0 Å². The van der Waals surface area contributed by atoms with Crippen LogP contribution in [-0.4, -0.2) is 7.05 Å². The van der Waals surface area contributed by atoms with Crippen LogP contribution in [0.1, 0.15) is 11.3 Å². The largest absolute Gasteiger partial charge is 0.467 e. The van der Waals surface area contributed by atoms with Crippen LogP contribution in [0.25, 0.3) is 0 Å². The van der Waals surface area contributed by atoms with E-state index in [1.807, 2.05) is 20.9 Å². The molecule has 0 saturated carbocycles. The number of rotatable bonds is 1. The van der Waals surface area contributed by atoms with Crippen LogP contribution < -0.4 is 5.32 Å². The fourth-order valence-electron chi connectivity index (χ4n) is 0.945. The van der Waals surface area contributed by atoms with Gasteiger partial charge in [-0.05, 0) is 13.8 Å². The molecule has 1 rings (SSSR count). The number of furan rings is 1. The predicted molar refractivity (Wildman–Crippen MR) is 37.7 cm³/mol. The lowest BCUT2D eigenvalue weighted by atomic mass is 10.3. The average Bonchev–Trinajstić information content (AvgIpc) is 2.12. The zero-order valence-corrected chi connectivity index (χ0v) is 5.99. The topological polar surface area (TPSA) is 25.2 Å². The van der Waals surface area contributed by atoms with Gasteiger partial charge < -0.3 is 9.73 Å². The third-order valence-corrected chi connectivity index (χ3v) is 1.41. The first-order valence-corrected chi connectivity index (χ1v) is 2.98.